The standard InChI is InChI=1S/C22H25FN4O4/c1-24-20(28)19-17-7-8-26(21(29)18-13-25(2)9-10-31-18)11-14(17)12-27(22(19)30)16-5-3-15(23)4-6-16/h3-6,12,18H,7-11,13H2,1-2H3,(H,24,28). The highest BCUT2D eigenvalue weighted by Crippen LogP contribution is 2.23. The molecule has 4 rings (SSSR count). The molecule has 2 amide bonds. The van der Waals surface area contributed by atoms with Crippen molar-refractivity contribution in [3.63, 3.8) is 0 Å². The lowest BCUT2D eigenvalue weighted by atomic mass is 9.95. The number of pyridine rings is 1. The number of nitrogens with one attached hydrogen (secondary N) is 1. The van der Waals surface area contributed by atoms with Crippen molar-refractivity contribution in [1.82, 2.24) is 19.7 Å². The van der Waals surface area contributed by atoms with Crippen molar-refractivity contribution >= 4 is 11.8 Å². The highest BCUT2D eigenvalue weighted by Gasteiger charge is 2.33. The summed E-state index contributed by atoms with van der Waals surface area (Å²) in [6.07, 6.45) is 1.51. The summed E-state index contributed by atoms with van der Waals surface area (Å²) < 4.78 is 20.4. The van der Waals surface area contributed by atoms with E-state index in [4.69, 9.17) is 4.74 Å². The van der Waals surface area contributed by atoms with Crippen LogP contribution in [0.15, 0.2) is 35.3 Å². The molecular weight excluding hydrogens is 403 g/mol. The monoisotopic (exact) mass is 428 g/mol. The second-order valence-electron chi connectivity index (χ2n) is 7.87. The molecule has 0 saturated carbocycles. The second-order valence-corrected chi connectivity index (χ2v) is 7.87. The Morgan fingerprint density at radius 1 is 1.19 bits per heavy atom. The molecule has 3 heterocycles. The van der Waals surface area contributed by atoms with Crippen molar-refractivity contribution in [2.75, 3.05) is 40.3 Å². The third-order valence-corrected chi connectivity index (χ3v) is 5.82. The molecule has 31 heavy (non-hydrogen) atoms. The van der Waals surface area contributed by atoms with Gasteiger partial charge in [0, 0.05) is 45.1 Å². The fourth-order valence-electron chi connectivity index (χ4n) is 4.13. The third kappa shape index (κ3) is 4.11. The van der Waals surface area contributed by atoms with Crippen molar-refractivity contribution < 1.29 is 18.7 Å². The van der Waals surface area contributed by atoms with Gasteiger partial charge in [0.05, 0.1) is 6.61 Å². The number of benzene rings is 1. The Kier molecular flexibility index (Phi) is 5.88. The van der Waals surface area contributed by atoms with E-state index >= 15 is 0 Å². The average Bonchev–Trinajstić information content (AvgIpc) is 2.78. The molecule has 2 aromatic rings. The molecule has 9 heteroatoms. The number of ether oxygens (including phenoxy) is 1. The Morgan fingerprint density at radius 2 is 1.94 bits per heavy atom. The summed E-state index contributed by atoms with van der Waals surface area (Å²) in [5, 5.41) is 2.53. The summed E-state index contributed by atoms with van der Waals surface area (Å²) >= 11 is 0. The summed E-state index contributed by atoms with van der Waals surface area (Å²) in [6, 6.07) is 5.48. The minimum atomic E-state index is -0.526. The Morgan fingerprint density at radius 3 is 2.61 bits per heavy atom. The zero-order valence-corrected chi connectivity index (χ0v) is 17.6. The van der Waals surface area contributed by atoms with Gasteiger partial charge in [-0.05, 0) is 48.9 Å². The fraction of sp³-hybridized carbons (Fsp3) is 0.409. The molecule has 1 aromatic carbocycles. The van der Waals surface area contributed by atoms with E-state index in [1.165, 1.54) is 35.9 Å². The Labute approximate surface area is 179 Å². The number of likely N-dealkylation sites (N-methyl/N-ethyl adjacent to an activating group) is 1. The molecule has 1 atom stereocenters. The summed E-state index contributed by atoms with van der Waals surface area (Å²) in [6.45, 7) is 2.48. The van der Waals surface area contributed by atoms with Crippen LogP contribution in [0, 0.1) is 5.82 Å². The van der Waals surface area contributed by atoms with Gasteiger partial charge < -0.3 is 19.9 Å². The third-order valence-electron chi connectivity index (χ3n) is 5.82. The number of morpholine rings is 1. The zero-order valence-electron chi connectivity index (χ0n) is 17.6. The molecule has 0 bridgehead atoms. The van der Waals surface area contributed by atoms with Crippen LogP contribution in [0.25, 0.3) is 5.69 Å². The normalized spacial score (nSPS) is 19.1. The molecule has 1 N–H and O–H groups in total. The molecule has 1 fully saturated rings. The van der Waals surface area contributed by atoms with Crippen molar-refractivity contribution in [2.24, 2.45) is 0 Å². The molecule has 1 unspecified atom stereocenters. The van der Waals surface area contributed by atoms with Crippen LogP contribution in [-0.2, 0) is 22.5 Å². The number of halogens is 1. The number of aromatic nitrogens is 1. The second kappa shape index (κ2) is 8.60. The Bertz CT molecular complexity index is 1070. The van der Waals surface area contributed by atoms with E-state index < -0.39 is 23.4 Å². The first kappa shape index (κ1) is 21.2. The van der Waals surface area contributed by atoms with E-state index in [-0.39, 0.29) is 18.0 Å². The number of nitrogens with zero attached hydrogens (tertiary/aromatic N) is 3. The quantitative estimate of drug-likeness (QED) is 0.772. The Balaban J connectivity index is 1.72. The lowest BCUT2D eigenvalue weighted by Crippen LogP contribution is -2.51. The van der Waals surface area contributed by atoms with Crippen LogP contribution in [0.2, 0.25) is 0 Å². The summed E-state index contributed by atoms with van der Waals surface area (Å²) in [5.74, 6) is -0.997. The predicted octanol–water partition coefficient (Wildman–Crippen LogP) is 0.552. The van der Waals surface area contributed by atoms with Gasteiger partial charge in [0.15, 0.2) is 0 Å². The SMILES string of the molecule is CNC(=O)c1c2c(cn(-c3ccc(F)cc3)c1=O)CN(C(=O)C1CN(C)CCO1)CC2. The number of rotatable bonds is 3. The average molecular weight is 428 g/mol. The van der Waals surface area contributed by atoms with E-state index in [1.54, 1.807) is 11.1 Å². The Hall–Kier alpha value is -3.04. The highest BCUT2D eigenvalue weighted by molar-refractivity contribution is 5.95. The maximum Gasteiger partial charge on any atom is 0.268 e. The summed E-state index contributed by atoms with van der Waals surface area (Å²) in [7, 11) is 3.42. The van der Waals surface area contributed by atoms with Crippen LogP contribution in [0.5, 0.6) is 0 Å². The lowest BCUT2D eigenvalue weighted by molar-refractivity contribution is -0.149. The van der Waals surface area contributed by atoms with E-state index in [0.717, 1.165) is 6.54 Å². The van der Waals surface area contributed by atoms with Crippen molar-refractivity contribution in [2.45, 2.75) is 19.1 Å². The van der Waals surface area contributed by atoms with Crippen LogP contribution in [0.1, 0.15) is 21.5 Å². The van der Waals surface area contributed by atoms with E-state index in [2.05, 4.69) is 10.2 Å². The van der Waals surface area contributed by atoms with Crippen LogP contribution < -0.4 is 10.9 Å². The fourth-order valence-corrected chi connectivity index (χ4v) is 4.13. The number of amides is 2. The minimum Gasteiger partial charge on any atom is -0.366 e. The number of carbonyl (C=O) groups is 2. The van der Waals surface area contributed by atoms with Crippen molar-refractivity contribution in [3.8, 4) is 5.69 Å². The van der Waals surface area contributed by atoms with Gasteiger partial charge >= 0.3 is 0 Å². The maximum atomic E-state index is 13.4. The number of hydrogen-bond acceptors (Lipinski definition) is 5. The molecule has 2 aliphatic rings. The van der Waals surface area contributed by atoms with Gasteiger partial charge in [0.25, 0.3) is 17.4 Å². The van der Waals surface area contributed by atoms with Crippen LogP contribution in [0.4, 0.5) is 4.39 Å². The molecule has 164 valence electrons. The van der Waals surface area contributed by atoms with E-state index in [0.29, 0.717) is 42.9 Å². The summed E-state index contributed by atoms with van der Waals surface area (Å²) in [4.78, 5) is 42.5. The number of fused-ring (bicyclic) bond motifs is 1. The molecule has 1 aromatic heterocycles. The van der Waals surface area contributed by atoms with E-state index in [1.807, 2.05) is 7.05 Å². The topological polar surface area (TPSA) is 83.9 Å². The van der Waals surface area contributed by atoms with Gasteiger partial charge in [0.1, 0.15) is 17.5 Å². The number of hydrogen-bond donors (Lipinski definition) is 1. The van der Waals surface area contributed by atoms with Crippen LogP contribution in [-0.4, -0.2) is 72.6 Å². The van der Waals surface area contributed by atoms with E-state index in [9.17, 15) is 18.8 Å². The molecule has 8 nitrogen and oxygen atoms in total. The smallest absolute Gasteiger partial charge is 0.268 e. The van der Waals surface area contributed by atoms with Crippen LogP contribution >= 0.6 is 0 Å². The predicted molar refractivity (Wildman–Crippen MR) is 112 cm³/mol. The first-order valence-corrected chi connectivity index (χ1v) is 10.2. The molecular formula is C22H25FN4O4. The maximum absolute atomic E-state index is 13.4. The van der Waals surface area contributed by atoms with Crippen molar-refractivity contribution in [3.05, 3.63) is 63.3 Å². The van der Waals surface area contributed by atoms with Gasteiger partial charge in [-0.1, -0.05) is 0 Å². The molecule has 0 aliphatic carbocycles. The molecule has 1 saturated heterocycles. The zero-order chi connectivity index (χ0) is 22.1. The van der Waals surface area contributed by atoms with Gasteiger partial charge in [-0.25, -0.2) is 4.39 Å². The van der Waals surface area contributed by atoms with Gasteiger partial charge in [0.2, 0.25) is 0 Å². The lowest BCUT2D eigenvalue weighted by Gasteiger charge is -2.35. The van der Waals surface area contributed by atoms with Gasteiger partial charge in [-0.3, -0.25) is 19.0 Å². The molecule has 2 aliphatic heterocycles. The van der Waals surface area contributed by atoms with Crippen LogP contribution in [0.3, 0.4) is 0 Å². The minimum absolute atomic E-state index is 0.0603. The van der Waals surface area contributed by atoms with Crippen molar-refractivity contribution in [1.29, 1.82) is 0 Å². The summed E-state index contributed by atoms with van der Waals surface area (Å²) in [5.41, 5.74) is 1.39. The molecule has 0 radical (unpaired) electrons. The van der Waals surface area contributed by atoms with Gasteiger partial charge in [-0.15, -0.1) is 0 Å². The van der Waals surface area contributed by atoms with Gasteiger partial charge in [-0.2, -0.15) is 0 Å². The number of carbonyl (C=O) groups excluding carboxylic acids is 2. The first-order valence-electron chi connectivity index (χ1n) is 10.2. The largest absolute Gasteiger partial charge is 0.366 e. The first-order chi connectivity index (χ1) is 14.9. The highest BCUT2D eigenvalue weighted by atomic mass is 19.1. The molecule has 0 spiro atoms.